The number of nitrogens with one attached hydrogen (secondary N) is 1. The molecule has 2 aromatic heterocycles. The van der Waals surface area contributed by atoms with Gasteiger partial charge < -0.3 is 14.2 Å². The molecule has 1 aromatic carbocycles. The summed E-state index contributed by atoms with van der Waals surface area (Å²) in [7, 11) is 0.410. The Labute approximate surface area is 215 Å². The summed E-state index contributed by atoms with van der Waals surface area (Å²) in [5.74, 6) is 2.29. The number of hydrogen-bond donors (Lipinski definition) is 1. The maximum absolute atomic E-state index is 13.5. The number of halogens is 1. The van der Waals surface area contributed by atoms with Gasteiger partial charge in [-0.1, -0.05) is 24.6 Å². The molecular weight excluding hydrogens is 508 g/mol. The van der Waals surface area contributed by atoms with E-state index in [0.29, 0.717) is 34.0 Å². The van der Waals surface area contributed by atoms with Crippen LogP contribution >= 0.6 is 11.6 Å². The number of para-hydroxylation sites is 1. The summed E-state index contributed by atoms with van der Waals surface area (Å²) < 4.78 is 48.0. The van der Waals surface area contributed by atoms with E-state index in [-0.39, 0.29) is 17.7 Å². The van der Waals surface area contributed by atoms with E-state index in [1.807, 2.05) is 0 Å². The predicted octanol–water partition coefficient (Wildman–Crippen LogP) is 3.76. The zero-order chi connectivity index (χ0) is 26.0. The van der Waals surface area contributed by atoms with Crippen molar-refractivity contribution in [1.82, 2.24) is 24.7 Å². The molecule has 36 heavy (non-hydrogen) atoms. The highest BCUT2D eigenvalue weighted by Gasteiger charge is 2.38. The van der Waals surface area contributed by atoms with Crippen LogP contribution < -0.4 is 14.2 Å². The van der Waals surface area contributed by atoms with Crippen LogP contribution in [-0.2, 0) is 14.8 Å². The van der Waals surface area contributed by atoms with E-state index < -0.39 is 21.4 Å². The zero-order valence-electron chi connectivity index (χ0n) is 20.7. The molecule has 1 saturated carbocycles. The van der Waals surface area contributed by atoms with E-state index in [4.69, 9.17) is 25.8 Å². The highest BCUT2D eigenvalue weighted by Crippen LogP contribution is 2.45. The fourth-order valence-electron chi connectivity index (χ4n) is 4.28. The lowest BCUT2D eigenvalue weighted by Crippen LogP contribution is -2.33. The summed E-state index contributed by atoms with van der Waals surface area (Å²) in [6, 6.07) is 5.33. The lowest BCUT2D eigenvalue weighted by atomic mass is 9.74. The first-order valence-corrected chi connectivity index (χ1v) is 13.3. The third-order valence-electron chi connectivity index (χ3n) is 6.56. The van der Waals surface area contributed by atoms with Crippen molar-refractivity contribution in [2.24, 2.45) is 5.92 Å². The molecule has 0 amide bonds. The number of hydrogen-bond acceptors (Lipinski definition) is 9. The van der Waals surface area contributed by atoms with Crippen molar-refractivity contribution >= 4 is 27.6 Å². The van der Waals surface area contributed by atoms with Crippen LogP contribution in [-0.4, -0.2) is 59.7 Å². The molecule has 11 nitrogen and oxygen atoms in total. The van der Waals surface area contributed by atoms with E-state index in [1.54, 1.807) is 22.8 Å². The number of benzene rings is 1. The quantitative estimate of drug-likeness (QED) is 0.411. The fraction of sp³-hybridized carbons (Fsp3) is 0.478. The van der Waals surface area contributed by atoms with Crippen molar-refractivity contribution < 1.29 is 22.6 Å². The highest BCUT2D eigenvalue weighted by atomic mass is 35.5. The van der Waals surface area contributed by atoms with Crippen LogP contribution in [0.2, 0.25) is 5.02 Å². The van der Waals surface area contributed by atoms with Gasteiger partial charge in [0, 0.05) is 25.4 Å². The van der Waals surface area contributed by atoms with Crippen molar-refractivity contribution in [2.75, 3.05) is 26.1 Å². The fourth-order valence-corrected chi connectivity index (χ4v) is 5.51. The summed E-state index contributed by atoms with van der Waals surface area (Å²) in [5, 5.41) is 7.88. The minimum absolute atomic E-state index is 0.0191. The number of aromatic nitrogens is 5. The van der Waals surface area contributed by atoms with Crippen LogP contribution in [0, 0.1) is 5.92 Å². The van der Waals surface area contributed by atoms with Gasteiger partial charge >= 0.3 is 0 Å². The summed E-state index contributed by atoms with van der Waals surface area (Å²) >= 11 is 5.88. The molecule has 2 unspecified atom stereocenters. The molecule has 13 heteroatoms. The molecule has 0 radical (unpaired) electrons. The highest BCUT2D eigenvalue weighted by molar-refractivity contribution is 7.93. The van der Waals surface area contributed by atoms with Crippen molar-refractivity contribution in [3.8, 4) is 17.2 Å². The van der Waals surface area contributed by atoms with E-state index in [2.05, 4.69) is 31.8 Å². The van der Waals surface area contributed by atoms with E-state index in [9.17, 15) is 8.42 Å². The second-order valence-electron chi connectivity index (χ2n) is 8.66. The normalized spacial score (nSPS) is 19.3. The number of nitrogens with zero attached hydrogens (tertiary/aromatic N) is 5. The summed E-state index contributed by atoms with van der Waals surface area (Å²) in [5.41, 5.74) is 0.510. The van der Waals surface area contributed by atoms with Crippen LogP contribution in [0.15, 0.2) is 30.6 Å². The molecule has 2 heterocycles. The lowest BCUT2D eigenvalue weighted by molar-refractivity contribution is 0.0950. The summed E-state index contributed by atoms with van der Waals surface area (Å²) in [6.45, 7) is 3.64. The maximum atomic E-state index is 13.5. The van der Waals surface area contributed by atoms with Crippen LogP contribution in [0.5, 0.6) is 11.5 Å². The number of sulfonamides is 1. The molecule has 4 atom stereocenters. The predicted molar refractivity (Wildman–Crippen MR) is 134 cm³/mol. The zero-order valence-corrected chi connectivity index (χ0v) is 22.2. The topological polar surface area (TPSA) is 130 Å². The van der Waals surface area contributed by atoms with Gasteiger partial charge in [0.25, 0.3) is 0 Å². The molecule has 1 fully saturated rings. The van der Waals surface area contributed by atoms with E-state index in [1.165, 1.54) is 40.6 Å². The van der Waals surface area contributed by atoms with Gasteiger partial charge in [-0.2, -0.15) is 0 Å². The molecule has 194 valence electrons. The van der Waals surface area contributed by atoms with Gasteiger partial charge in [-0.3, -0.25) is 9.29 Å². The third kappa shape index (κ3) is 4.84. The maximum Gasteiger partial charge on any atom is 0.243 e. The lowest BCUT2D eigenvalue weighted by Gasteiger charge is -2.33. The second kappa shape index (κ2) is 10.6. The average Bonchev–Trinajstić information content (AvgIpc) is 3.24. The van der Waals surface area contributed by atoms with Crippen molar-refractivity contribution in [3.05, 3.63) is 47.3 Å². The second-order valence-corrected chi connectivity index (χ2v) is 11.1. The first-order chi connectivity index (χ1) is 17.2. The Morgan fingerprint density at radius 1 is 1.08 bits per heavy atom. The van der Waals surface area contributed by atoms with Crippen LogP contribution in [0.4, 0.5) is 5.95 Å². The van der Waals surface area contributed by atoms with Crippen LogP contribution in [0.3, 0.4) is 0 Å². The number of anilines is 1. The first-order valence-electron chi connectivity index (χ1n) is 11.4. The molecule has 0 saturated heterocycles. The molecule has 0 spiro atoms. The van der Waals surface area contributed by atoms with Gasteiger partial charge in [0.05, 0.1) is 19.2 Å². The SMILES string of the molecule is COc1cccc(OC)c1-n1c(NS(=O)(=O)C(C)C(OC)c2ncc(Cl)cn2)nnc1[C@@H]1CC[C@@H]1C. The molecule has 1 aliphatic carbocycles. The van der Waals surface area contributed by atoms with Gasteiger partial charge in [0.1, 0.15) is 34.4 Å². The van der Waals surface area contributed by atoms with Gasteiger partial charge in [0.2, 0.25) is 16.0 Å². The molecule has 3 aromatic rings. The van der Waals surface area contributed by atoms with Crippen molar-refractivity contribution in [3.63, 3.8) is 0 Å². The monoisotopic (exact) mass is 536 g/mol. The Morgan fingerprint density at radius 3 is 2.22 bits per heavy atom. The van der Waals surface area contributed by atoms with Crippen LogP contribution in [0.25, 0.3) is 5.69 Å². The average molecular weight is 537 g/mol. The molecule has 0 bridgehead atoms. The minimum atomic E-state index is -4.06. The standard InChI is InChI=1S/C23H29ClN6O5S/c1-13-9-10-16(13)22-27-28-23(30(22)19-17(33-3)7-6-8-18(19)34-4)29-36(31,32)14(2)20(35-5)21-25-11-15(24)12-26-21/h6-8,11-14,16,20H,9-10H2,1-5H3,(H,28,29)/t13-,14?,16+,20?/m0/s1. The Morgan fingerprint density at radius 2 is 1.72 bits per heavy atom. The van der Waals surface area contributed by atoms with Crippen molar-refractivity contribution in [1.29, 1.82) is 0 Å². The molecular formula is C23H29ClN6O5S. The van der Waals surface area contributed by atoms with Gasteiger partial charge in [-0.25, -0.2) is 18.4 Å². The smallest absolute Gasteiger partial charge is 0.243 e. The molecule has 1 N–H and O–H groups in total. The minimum Gasteiger partial charge on any atom is -0.494 e. The van der Waals surface area contributed by atoms with E-state index in [0.717, 1.165) is 12.8 Å². The summed E-state index contributed by atoms with van der Waals surface area (Å²) in [4.78, 5) is 8.26. The van der Waals surface area contributed by atoms with Gasteiger partial charge in [-0.05, 0) is 37.8 Å². The first kappa shape index (κ1) is 26.1. The molecule has 0 aliphatic heterocycles. The Hall–Kier alpha value is -2.96. The number of methoxy groups -OCH3 is 3. The molecule has 1 aliphatic rings. The van der Waals surface area contributed by atoms with E-state index >= 15 is 0 Å². The number of ether oxygens (including phenoxy) is 3. The Bertz CT molecular complexity index is 1290. The molecule has 4 rings (SSSR count). The van der Waals surface area contributed by atoms with Gasteiger partial charge in [-0.15, -0.1) is 10.2 Å². The third-order valence-corrected chi connectivity index (χ3v) is 8.45. The summed E-state index contributed by atoms with van der Waals surface area (Å²) in [6.07, 6.45) is 3.79. The Kier molecular flexibility index (Phi) is 7.67. The van der Waals surface area contributed by atoms with Crippen LogP contribution in [0.1, 0.15) is 50.4 Å². The van der Waals surface area contributed by atoms with Gasteiger partial charge in [0.15, 0.2) is 5.82 Å². The Balaban J connectivity index is 1.78. The largest absolute Gasteiger partial charge is 0.494 e. The van der Waals surface area contributed by atoms with Crippen molar-refractivity contribution in [2.45, 2.75) is 44.0 Å². The number of rotatable bonds is 10.